The summed E-state index contributed by atoms with van der Waals surface area (Å²) < 4.78 is 6.66. The van der Waals surface area contributed by atoms with Gasteiger partial charge in [-0.05, 0) is 23.4 Å². The minimum Gasteiger partial charge on any atom is -0.385 e. The smallest absolute Gasteiger partial charge is 0.277 e. The van der Waals surface area contributed by atoms with E-state index in [9.17, 15) is 9.59 Å². The van der Waals surface area contributed by atoms with Gasteiger partial charge in [0.1, 0.15) is 0 Å². The maximum atomic E-state index is 13.3. The lowest BCUT2D eigenvalue weighted by atomic mass is 10.0. The lowest BCUT2D eigenvalue weighted by Crippen LogP contribution is -2.41. The van der Waals surface area contributed by atoms with Crippen molar-refractivity contribution >= 4 is 23.2 Å². The van der Waals surface area contributed by atoms with Crippen molar-refractivity contribution in [3.63, 3.8) is 0 Å². The van der Waals surface area contributed by atoms with E-state index < -0.39 is 0 Å². The van der Waals surface area contributed by atoms with Crippen LogP contribution in [0.25, 0.3) is 0 Å². The third-order valence-corrected chi connectivity index (χ3v) is 5.87. The zero-order valence-electron chi connectivity index (χ0n) is 16.7. The van der Waals surface area contributed by atoms with Gasteiger partial charge in [0.15, 0.2) is 11.4 Å². The third-order valence-electron chi connectivity index (χ3n) is 5.01. The number of hydrogen-bond donors (Lipinski definition) is 1. The maximum absolute atomic E-state index is 13.3. The summed E-state index contributed by atoms with van der Waals surface area (Å²) in [5.74, 6) is -0.634. The van der Waals surface area contributed by atoms with Crippen LogP contribution in [-0.2, 0) is 17.8 Å². The SMILES string of the molecule is COCCCN(Cc1cccs1)C(=O)c1nnn2c1C(=O)NC(c1ccccc1)C2. The first-order valence-corrected chi connectivity index (χ1v) is 10.6. The fourth-order valence-corrected chi connectivity index (χ4v) is 4.24. The van der Waals surface area contributed by atoms with E-state index in [4.69, 9.17) is 4.74 Å². The van der Waals surface area contributed by atoms with Gasteiger partial charge in [0.05, 0.1) is 19.1 Å². The highest BCUT2D eigenvalue weighted by Crippen LogP contribution is 2.23. The van der Waals surface area contributed by atoms with Crippen LogP contribution in [0.4, 0.5) is 0 Å². The monoisotopic (exact) mass is 425 g/mol. The van der Waals surface area contributed by atoms with Crippen molar-refractivity contribution in [3.8, 4) is 0 Å². The molecule has 0 fully saturated rings. The molecule has 0 spiro atoms. The molecule has 9 heteroatoms. The van der Waals surface area contributed by atoms with E-state index in [0.29, 0.717) is 32.7 Å². The summed E-state index contributed by atoms with van der Waals surface area (Å²) in [5.41, 5.74) is 1.29. The Morgan fingerprint density at radius 3 is 2.87 bits per heavy atom. The number of benzene rings is 1. The van der Waals surface area contributed by atoms with Crippen LogP contribution in [0.3, 0.4) is 0 Å². The number of carbonyl (C=O) groups is 2. The van der Waals surface area contributed by atoms with Crippen LogP contribution in [0, 0.1) is 0 Å². The van der Waals surface area contributed by atoms with Gasteiger partial charge in [-0.15, -0.1) is 16.4 Å². The van der Waals surface area contributed by atoms with Gasteiger partial charge in [-0.1, -0.05) is 41.6 Å². The summed E-state index contributed by atoms with van der Waals surface area (Å²) in [5, 5.41) is 13.2. The fraction of sp³-hybridized carbons (Fsp3) is 0.333. The summed E-state index contributed by atoms with van der Waals surface area (Å²) in [6.07, 6.45) is 0.694. The minimum absolute atomic E-state index is 0.0907. The quantitative estimate of drug-likeness (QED) is 0.560. The molecule has 0 bridgehead atoms. The molecule has 2 aromatic heterocycles. The largest absolute Gasteiger partial charge is 0.385 e. The van der Waals surface area contributed by atoms with Gasteiger partial charge in [-0.3, -0.25) is 9.59 Å². The summed E-state index contributed by atoms with van der Waals surface area (Å²) >= 11 is 1.59. The fourth-order valence-electron chi connectivity index (χ4n) is 3.52. The molecular weight excluding hydrogens is 402 g/mol. The van der Waals surface area contributed by atoms with E-state index in [2.05, 4.69) is 15.6 Å². The molecule has 1 unspecified atom stereocenters. The van der Waals surface area contributed by atoms with E-state index in [1.807, 2.05) is 47.8 Å². The number of carbonyl (C=O) groups excluding carboxylic acids is 2. The second kappa shape index (κ2) is 9.19. The Morgan fingerprint density at radius 1 is 1.30 bits per heavy atom. The molecule has 1 aliphatic rings. The zero-order chi connectivity index (χ0) is 20.9. The van der Waals surface area contributed by atoms with Crippen molar-refractivity contribution in [2.75, 3.05) is 20.3 Å². The standard InChI is InChI=1S/C21H23N5O3S/c1-29-11-6-10-25(13-16-9-5-12-30-16)21(28)18-19-20(27)22-17(14-26(19)24-23-18)15-7-3-2-4-8-15/h2-5,7-9,12,17H,6,10-11,13-14H2,1H3,(H,22,27). The predicted molar refractivity (Wildman–Crippen MR) is 112 cm³/mol. The molecule has 1 aliphatic heterocycles. The second-order valence-electron chi connectivity index (χ2n) is 7.06. The number of thiophene rings is 1. The third kappa shape index (κ3) is 4.27. The van der Waals surface area contributed by atoms with Crippen molar-refractivity contribution in [3.05, 3.63) is 69.7 Å². The number of hydrogen-bond acceptors (Lipinski definition) is 6. The van der Waals surface area contributed by atoms with E-state index in [1.165, 1.54) is 4.68 Å². The zero-order valence-corrected chi connectivity index (χ0v) is 17.5. The Balaban J connectivity index is 1.57. The molecular formula is C21H23N5O3S. The molecule has 2 amide bonds. The Kier molecular flexibility index (Phi) is 6.20. The van der Waals surface area contributed by atoms with Crippen LogP contribution in [-0.4, -0.2) is 52.0 Å². The first kappa shape index (κ1) is 20.2. The highest BCUT2D eigenvalue weighted by molar-refractivity contribution is 7.09. The number of rotatable bonds is 8. The first-order chi connectivity index (χ1) is 14.7. The summed E-state index contributed by atoms with van der Waals surface area (Å²) in [4.78, 5) is 28.9. The molecule has 156 valence electrons. The summed E-state index contributed by atoms with van der Waals surface area (Å²) in [6.45, 7) is 1.94. The topological polar surface area (TPSA) is 89.3 Å². The molecule has 0 radical (unpaired) electrons. The van der Waals surface area contributed by atoms with Crippen molar-refractivity contribution in [1.82, 2.24) is 25.2 Å². The summed E-state index contributed by atoms with van der Waals surface area (Å²) in [7, 11) is 1.63. The minimum atomic E-state index is -0.337. The number of ether oxygens (including phenoxy) is 1. The van der Waals surface area contributed by atoms with Crippen molar-refractivity contribution in [2.45, 2.75) is 25.6 Å². The average Bonchev–Trinajstić information content (AvgIpc) is 3.43. The van der Waals surface area contributed by atoms with E-state index in [-0.39, 0.29) is 29.2 Å². The molecule has 0 saturated carbocycles. The number of fused-ring (bicyclic) bond motifs is 1. The predicted octanol–water partition coefficient (Wildman–Crippen LogP) is 2.50. The van der Waals surface area contributed by atoms with Crippen LogP contribution in [0.2, 0.25) is 0 Å². The molecule has 1 atom stereocenters. The van der Waals surface area contributed by atoms with Gasteiger partial charge in [0.2, 0.25) is 0 Å². The Labute approximate surface area is 178 Å². The number of nitrogens with zero attached hydrogens (tertiary/aromatic N) is 4. The lowest BCUT2D eigenvalue weighted by molar-refractivity contribution is 0.0711. The van der Waals surface area contributed by atoms with Crippen molar-refractivity contribution < 1.29 is 14.3 Å². The highest BCUT2D eigenvalue weighted by atomic mass is 32.1. The van der Waals surface area contributed by atoms with Crippen molar-refractivity contribution in [2.24, 2.45) is 0 Å². The molecule has 1 aromatic carbocycles. The van der Waals surface area contributed by atoms with Gasteiger partial charge in [-0.25, -0.2) is 4.68 Å². The highest BCUT2D eigenvalue weighted by Gasteiger charge is 2.34. The van der Waals surface area contributed by atoms with Gasteiger partial charge in [-0.2, -0.15) is 0 Å². The van der Waals surface area contributed by atoms with Gasteiger partial charge in [0, 0.05) is 25.1 Å². The average molecular weight is 426 g/mol. The maximum Gasteiger partial charge on any atom is 0.277 e. The second-order valence-corrected chi connectivity index (χ2v) is 8.09. The van der Waals surface area contributed by atoms with Crippen LogP contribution < -0.4 is 5.32 Å². The van der Waals surface area contributed by atoms with E-state index >= 15 is 0 Å². The van der Waals surface area contributed by atoms with Crippen LogP contribution in [0.15, 0.2) is 47.8 Å². The number of methoxy groups -OCH3 is 1. The lowest BCUT2D eigenvalue weighted by Gasteiger charge is -2.25. The normalized spacial score (nSPS) is 15.5. The van der Waals surface area contributed by atoms with Gasteiger partial charge >= 0.3 is 0 Å². The number of aromatic nitrogens is 3. The van der Waals surface area contributed by atoms with Crippen LogP contribution in [0.1, 0.15) is 43.9 Å². The van der Waals surface area contributed by atoms with E-state index in [0.717, 1.165) is 10.4 Å². The molecule has 8 nitrogen and oxygen atoms in total. The molecule has 0 saturated heterocycles. The molecule has 30 heavy (non-hydrogen) atoms. The Morgan fingerprint density at radius 2 is 2.13 bits per heavy atom. The molecule has 3 heterocycles. The van der Waals surface area contributed by atoms with Gasteiger partial charge < -0.3 is 15.0 Å². The Bertz CT molecular complexity index is 1000. The molecule has 1 N–H and O–H groups in total. The Hall–Kier alpha value is -3.04. The van der Waals surface area contributed by atoms with Gasteiger partial charge in [0.25, 0.3) is 11.8 Å². The first-order valence-electron chi connectivity index (χ1n) is 9.77. The summed E-state index contributed by atoms with van der Waals surface area (Å²) in [6, 6.07) is 13.4. The van der Waals surface area contributed by atoms with Crippen molar-refractivity contribution in [1.29, 1.82) is 0 Å². The molecule has 0 aliphatic carbocycles. The number of nitrogens with one attached hydrogen (secondary N) is 1. The van der Waals surface area contributed by atoms with Crippen LogP contribution in [0.5, 0.6) is 0 Å². The van der Waals surface area contributed by atoms with Crippen LogP contribution >= 0.6 is 11.3 Å². The molecule has 3 aromatic rings. The number of amides is 2. The molecule has 4 rings (SSSR count). The van der Waals surface area contributed by atoms with E-state index in [1.54, 1.807) is 23.3 Å².